The van der Waals surface area contributed by atoms with Crippen molar-refractivity contribution in [3.05, 3.63) is 19.4 Å². The molecular formula is C10H15IN2S. The molecule has 1 aromatic heterocycles. The Morgan fingerprint density at radius 1 is 1.57 bits per heavy atom. The molecule has 4 heteroatoms. The molecule has 0 aromatic carbocycles. The Morgan fingerprint density at radius 2 is 2.36 bits per heavy atom. The van der Waals surface area contributed by atoms with E-state index in [9.17, 15) is 0 Å². The number of hydrogen-bond donors (Lipinski definition) is 1. The van der Waals surface area contributed by atoms with E-state index in [0.717, 1.165) is 0 Å². The second-order valence-electron chi connectivity index (χ2n) is 3.90. The molecule has 1 atom stereocenters. The molecule has 1 N–H and O–H groups in total. The highest BCUT2D eigenvalue weighted by Crippen LogP contribution is 2.36. The molecule has 0 fully saturated rings. The molecule has 78 valence electrons. The second kappa shape index (κ2) is 4.47. The van der Waals surface area contributed by atoms with Gasteiger partial charge < -0.3 is 0 Å². The Hall–Kier alpha value is 0.350. The maximum absolute atomic E-state index is 3.49. The fraction of sp³-hybridized carbons (Fsp3) is 0.600. The zero-order chi connectivity index (χ0) is 10.1. The molecule has 0 spiro atoms. The van der Waals surface area contributed by atoms with E-state index in [2.05, 4.69) is 53.2 Å². The van der Waals surface area contributed by atoms with Crippen LogP contribution >= 0.6 is 33.9 Å². The molecule has 2 rings (SSSR count). The summed E-state index contributed by atoms with van der Waals surface area (Å²) in [4.78, 5) is 1.58. The van der Waals surface area contributed by atoms with Crippen molar-refractivity contribution >= 4 is 33.9 Å². The molecule has 2 nitrogen and oxygen atoms in total. The van der Waals surface area contributed by atoms with Gasteiger partial charge in [0.15, 0.2) is 0 Å². The first-order valence-corrected chi connectivity index (χ1v) is 6.78. The van der Waals surface area contributed by atoms with Gasteiger partial charge in [0.2, 0.25) is 0 Å². The highest BCUT2D eigenvalue weighted by molar-refractivity contribution is 14.1. The number of aryl methyl sites for hydroxylation is 1. The van der Waals surface area contributed by atoms with Gasteiger partial charge in [-0.3, -0.25) is 5.01 Å². The van der Waals surface area contributed by atoms with E-state index < -0.39 is 0 Å². The first-order chi connectivity index (χ1) is 6.66. The number of fused-ring (bicyclic) bond motifs is 1. The molecule has 1 aliphatic rings. The maximum Gasteiger partial charge on any atom is 0.0659 e. The van der Waals surface area contributed by atoms with Crippen LogP contribution in [0.3, 0.4) is 0 Å². The molecule has 1 unspecified atom stereocenters. The fourth-order valence-electron chi connectivity index (χ4n) is 1.97. The van der Waals surface area contributed by atoms with Crippen LogP contribution in [0.15, 0.2) is 6.07 Å². The summed E-state index contributed by atoms with van der Waals surface area (Å²) in [5.74, 6) is 0. The zero-order valence-corrected chi connectivity index (χ0v) is 11.5. The Labute approximate surface area is 103 Å². The second-order valence-corrected chi connectivity index (χ2v) is 6.93. The molecule has 1 heterocycles. The molecule has 0 radical (unpaired) electrons. The Bertz CT molecular complexity index is 322. The molecule has 0 aliphatic heterocycles. The van der Waals surface area contributed by atoms with Crippen molar-refractivity contribution in [3.63, 3.8) is 0 Å². The minimum Gasteiger partial charge on any atom is -0.250 e. The van der Waals surface area contributed by atoms with Crippen LogP contribution in [0.4, 0.5) is 0 Å². The van der Waals surface area contributed by atoms with Gasteiger partial charge in [-0.15, -0.1) is 11.3 Å². The third-order valence-electron chi connectivity index (χ3n) is 2.50. The van der Waals surface area contributed by atoms with Crippen LogP contribution in [-0.2, 0) is 6.42 Å². The third-order valence-corrected chi connectivity index (χ3v) is 4.47. The van der Waals surface area contributed by atoms with Gasteiger partial charge in [0.1, 0.15) is 0 Å². The van der Waals surface area contributed by atoms with Crippen molar-refractivity contribution in [1.82, 2.24) is 10.4 Å². The lowest BCUT2D eigenvalue weighted by Crippen LogP contribution is -2.35. The molecule has 1 aromatic rings. The van der Waals surface area contributed by atoms with Gasteiger partial charge in [-0.1, -0.05) is 0 Å². The molecular weight excluding hydrogens is 307 g/mol. The SMILES string of the molecule is CN(C)NC1CCCc2sc(I)cc21. The summed E-state index contributed by atoms with van der Waals surface area (Å²) in [6.45, 7) is 0. The van der Waals surface area contributed by atoms with Gasteiger partial charge in [0, 0.05) is 25.0 Å². The lowest BCUT2D eigenvalue weighted by Gasteiger charge is -2.26. The summed E-state index contributed by atoms with van der Waals surface area (Å²) in [7, 11) is 4.12. The summed E-state index contributed by atoms with van der Waals surface area (Å²) in [6.07, 6.45) is 3.85. The molecule has 1 aliphatic carbocycles. The van der Waals surface area contributed by atoms with E-state index in [0.29, 0.717) is 6.04 Å². The van der Waals surface area contributed by atoms with E-state index in [-0.39, 0.29) is 0 Å². The normalized spacial score (nSPS) is 21.3. The Kier molecular flexibility index (Phi) is 3.46. The van der Waals surface area contributed by atoms with Crippen molar-refractivity contribution in [1.29, 1.82) is 0 Å². The lowest BCUT2D eigenvalue weighted by atomic mass is 9.95. The number of hydrazine groups is 1. The number of nitrogens with one attached hydrogen (secondary N) is 1. The van der Waals surface area contributed by atoms with Crippen LogP contribution in [-0.4, -0.2) is 19.1 Å². The summed E-state index contributed by atoms with van der Waals surface area (Å²) in [5, 5.41) is 2.06. The average Bonchev–Trinajstić information content (AvgIpc) is 2.45. The van der Waals surface area contributed by atoms with Gasteiger partial charge in [-0.05, 0) is 53.5 Å². The first-order valence-electron chi connectivity index (χ1n) is 4.88. The van der Waals surface area contributed by atoms with Gasteiger partial charge in [0.05, 0.1) is 2.88 Å². The van der Waals surface area contributed by atoms with Crippen molar-refractivity contribution in [2.24, 2.45) is 0 Å². The number of thiophene rings is 1. The minimum atomic E-state index is 0.536. The van der Waals surface area contributed by atoms with Crippen LogP contribution in [0.2, 0.25) is 0 Å². The summed E-state index contributed by atoms with van der Waals surface area (Å²) in [5.41, 5.74) is 5.02. The highest BCUT2D eigenvalue weighted by atomic mass is 127. The van der Waals surface area contributed by atoms with Gasteiger partial charge >= 0.3 is 0 Å². The van der Waals surface area contributed by atoms with Crippen LogP contribution in [0.1, 0.15) is 29.3 Å². The smallest absolute Gasteiger partial charge is 0.0659 e. The van der Waals surface area contributed by atoms with Crippen molar-refractivity contribution < 1.29 is 0 Å². The topological polar surface area (TPSA) is 15.3 Å². The predicted molar refractivity (Wildman–Crippen MR) is 69.5 cm³/mol. The number of nitrogens with zero attached hydrogens (tertiary/aromatic N) is 1. The summed E-state index contributed by atoms with van der Waals surface area (Å²) in [6, 6.07) is 2.87. The van der Waals surface area contributed by atoms with Gasteiger partial charge in [0.25, 0.3) is 0 Å². The van der Waals surface area contributed by atoms with Crippen molar-refractivity contribution in [3.8, 4) is 0 Å². The average molecular weight is 322 g/mol. The van der Waals surface area contributed by atoms with E-state index in [1.807, 2.05) is 11.3 Å². The number of halogens is 1. The van der Waals surface area contributed by atoms with Crippen LogP contribution in [0.5, 0.6) is 0 Å². The minimum absolute atomic E-state index is 0.536. The third kappa shape index (κ3) is 2.29. The van der Waals surface area contributed by atoms with Crippen molar-refractivity contribution in [2.45, 2.75) is 25.3 Å². The van der Waals surface area contributed by atoms with E-state index in [4.69, 9.17) is 0 Å². The van der Waals surface area contributed by atoms with E-state index >= 15 is 0 Å². The maximum atomic E-state index is 3.49. The number of hydrogen-bond acceptors (Lipinski definition) is 3. The quantitative estimate of drug-likeness (QED) is 0.665. The fourth-order valence-corrected chi connectivity index (χ4v) is 4.09. The molecule has 0 bridgehead atoms. The van der Waals surface area contributed by atoms with Crippen LogP contribution < -0.4 is 5.43 Å². The van der Waals surface area contributed by atoms with E-state index in [1.165, 1.54) is 27.7 Å². The first kappa shape index (κ1) is 10.9. The summed E-state index contributed by atoms with van der Waals surface area (Å²) < 4.78 is 1.42. The van der Waals surface area contributed by atoms with Crippen LogP contribution in [0.25, 0.3) is 0 Å². The van der Waals surface area contributed by atoms with Crippen LogP contribution in [0, 0.1) is 2.88 Å². The Morgan fingerprint density at radius 3 is 3.07 bits per heavy atom. The zero-order valence-electron chi connectivity index (χ0n) is 8.51. The molecule has 0 saturated carbocycles. The van der Waals surface area contributed by atoms with Gasteiger partial charge in [-0.2, -0.15) is 0 Å². The molecule has 14 heavy (non-hydrogen) atoms. The predicted octanol–water partition coefficient (Wildman–Crippen LogP) is 2.80. The van der Waals surface area contributed by atoms with E-state index in [1.54, 1.807) is 4.88 Å². The lowest BCUT2D eigenvalue weighted by molar-refractivity contribution is 0.229. The molecule has 0 saturated heterocycles. The Balaban J connectivity index is 2.21. The monoisotopic (exact) mass is 322 g/mol. The summed E-state index contributed by atoms with van der Waals surface area (Å²) >= 11 is 4.37. The largest absolute Gasteiger partial charge is 0.250 e. The standard InChI is InChI=1S/C10H15IN2S/c1-13(2)12-8-4-3-5-9-7(8)6-10(11)14-9/h6,8,12H,3-5H2,1-2H3. The van der Waals surface area contributed by atoms with Crippen molar-refractivity contribution in [2.75, 3.05) is 14.1 Å². The molecule has 0 amide bonds. The van der Waals surface area contributed by atoms with Gasteiger partial charge in [-0.25, -0.2) is 5.43 Å². The number of rotatable bonds is 2. The highest BCUT2D eigenvalue weighted by Gasteiger charge is 2.22.